The molecule has 0 rings (SSSR count). The standard InChI is InChI=1S/C12H22N2O/c1-5-12(8-13,11(14)15)7-10(4)6-9(2)3/h9-10H,5-7H2,1-4H3,(H2,14,15). The molecule has 3 heteroatoms. The number of hydrogen-bond donors (Lipinski definition) is 1. The van der Waals surface area contributed by atoms with Gasteiger partial charge in [-0.25, -0.2) is 0 Å². The number of nitrogens with two attached hydrogens (primary N) is 1. The van der Waals surface area contributed by atoms with Gasteiger partial charge >= 0.3 is 0 Å². The van der Waals surface area contributed by atoms with E-state index < -0.39 is 11.3 Å². The first-order chi connectivity index (χ1) is 6.88. The van der Waals surface area contributed by atoms with Crippen molar-refractivity contribution < 1.29 is 4.79 Å². The molecule has 0 aromatic carbocycles. The fourth-order valence-electron chi connectivity index (χ4n) is 2.08. The topological polar surface area (TPSA) is 66.9 Å². The lowest BCUT2D eigenvalue weighted by atomic mass is 9.76. The zero-order chi connectivity index (χ0) is 12.1. The van der Waals surface area contributed by atoms with Crippen molar-refractivity contribution in [2.45, 2.75) is 47.0 Å². The summed E-state index contributed by atoms with van der Waals surface area (Å²) >= 11 is 0. The summed E-state index contributed by atoms with van der Waals surface area (Å²) in [4.78, 5) is 11.3. The second-order valence-corrected chi connectivity index (χ2v) is 4.85. The third-order valence-electron chi connectivity index (χ3n) is 2.86. The van der Waals surface area contributed by atoms with Gasteiger partial charge in [-0.1, -0.05) is 27.7 Å². The van der Waals surface area contributed by atoms with Gasteiger partial charge in [0.05, 0.1) is 6.07 Å². The number of primary amides is 1. The average molecular weight is 210 g/mol. The van der Waals surface area contributed by atoms with Crippen molar-refractivity contribution in [3.63, 3.8) is 0 Å². The zero-order valence-corrected chi connectivity index (χ0v) is 10.2. The van der Waals surface area contributed by atoms with Crippen LogP contribution in [0.1, 0.15) is 47.0 Å². The minimum atomic E-state index is -0.964. The molecule has 0 bridgehead atoms. The maximum absolute atomic E-state index is 11.3. The average Bonchev–Trinajstić information content (AvgIpc) is 2.12. The predicted molar refractivity (Wildman–Crippen MR) is 60.8 cm³/mol. The fourth-order valence-corrected chi connectivity index (χ4v) is 2.08. The second-order valence-electron chi connectivity index (χ2n) is 4.85. The molecule has 0 saturated carbocycles. The normalized spacial score (nSPS) is 16.8. The van der Waals surface area contributed by atoms with Crippen LogP contribution in [0, 0.1) is 28.6 Å². The van der Waals surface area contributed by atoms with Gasteiger partial charge in [0.25, 0.3) is 0 Å². The molecular formula is C12H22N2O. The van der Waals surface area contributed by atoms with E-state index in [1.165, 1.54) is 0 Å². The highest BCUT2D eigenvalue weighted by molar-refractivity contribution is 5.83. The van der Waals surface area contributed by atoms with Crippen molar-refractivity contribution in [1.29, 1.82) is 5.26 Å². The van der Waals surface area contributed by atoms with Crippen molar-refractivity contribution in [1.82, 2.24) is 0 Å². The Bertz CT molecular complexity index is 255. The van der Waals surface area contributed by atoms with Crippen molar-refractivity contribution in [2.75, 3.05) is 0 Å². The Morgan fingerprint density at radius 3 is 2.27 bits per heavy atom. The number of carbonyl (C=O) groups excluding carboxylic acids is 1. The van der Waals surface area contributed by atoms with Gasteiger partial charge in [0.2, 0.25) is 5.91 Å². The first-order valence-corrected chi connectivity index (χ1v) is 5.59. The summed E-state index contributed by atoms with van der Waals surface area (Å²) in [6.45, 7) is 8.20. The Hall–Kier alpha value is -1.04. The molecule has 15 heavy (non-hydrogen) atoms. The summed E-state index contributed by atoms with van der Waals surface area (Å²) in [5.74, 6) is 0.460. The van der Waals surface area contributed by atoms with E-state index in [-0.39, 0.29) is 0 Å². The van der Waals surface area contributed by atoms with Crippen molar-refractivity contribution in [3.8, 4) is 6.07 Å². The molecule has 0 radical (unpaired) electrons. The highest BCUT2D eigenvalue weighted by Gasteiger charge is 2.36. The van der Waals surface area contributed by atoms with Crippen LogP contribution in [0.2, 0.25) is 0 Å². The molecule has 0 saturated heterocycles. The number of nitrogens with zero attached hydrogens (tertiary/aromatic N) is 1. The smallest absolute Gasteiger partial charge is 0.237 e. The summed E-state index contributed by atoms with van der Waals surface area (Å²) in [6, 6.07) is 2.09. The van der Waals surface area contributed by atoms with Crippen LogP contribution in [-0.2, 0) is 4.79 Å². The molecule has 3 nitrogen and oxygen atoms in total. The summed E-state index contributed by atoms with van der Waals surface area (Å²) in [5.41, 5.74) is 4.35. The second kappa shape index (κ2) is 5.75. The summed E-state index contributed by atoms with van der Waals surface area (Å²) in [7, 11) is 0. The van der Waals surface area contributed by atoms with Crippen LogP contribution in [0.3, 0.4) is 0 Å². The molecule has 0 aromatic heterocycles. The third kappa shape index (κ3) is 3.91. The molecule has 0 aliphatic rings. The number of hydrogen-bond acceptors (Lipinski definition) is 2. The van der Waals surface area contributed by atoms with Crippen molar-refractivity contribution in [2.24, 2.45) is 23.0 Å². The van der Waals surface area contributed by atoms with Gasteiger partial charge in [-0.15, -0.1) is 0 Å². The molecule has 2 unspecified atom stereocenters. The highest BCUT2D eigenvalue weighted by Crippen LogP contribution is 2.31. The van der Waals surface area contributed by atoms with Crippen LogP contribution in [0.25, 0.3) is 0 Å². The molecule has 86 valence electrons. The Labute approximate surface area is 92.6 Å². The van der Waals surface area contributed by atoms with E-state index in [9.17, 15) is 4.79 Å². The van der Waals surface area contributed by atoms with E-state index in [1.807, 2.05) is 6.92 Å². The first-order valence-electron chi connectivity index (χ1n) is 5.59. The molecule has 0 heterocycles. The third-order valence-corrected chi connectivity index (χ3v) is 2.86. The fraction of sp³-hybridized carbons (Fsp3) is 0.833. The molecule has 2 N–H and O–H groups in total. The lowest BCUT2D eigenvalue weighted by Crippen LogP contribution is -2.37. The van der Waals surface area contributed by atoms with Crippen LogP contribution < -0.4 is 5.73 Å². The lowest BCUT2D eigenvalue weighted by Gasteiger charge is -2.25. The van der Waals surface area contributed by atoms with E-state index in [1.54, 1.807) is 0 Å². The first kappa shape index (κ1) is 14.0. The van der Waals surface area contributed by atoms with Gasteiger partial charge in [0.15, 0.2) is 0 Å². The van der Waals surface area contributed by atoms with E-state index in [0.29, 0.717) is 24.7 Å². The van der Waals surface area contributed by atoms with Gasteiger partial charge in [-0.2, -0.15) is 5.26 Å². The predicted octanol–water partition coefficient (Wildman–Crippen LogP) is 2.46. The minimum Gasteiger partial charge on any atom is -0.368 e. The van der Waals surface area contributed by atoms with Crippen LogP contribution >= 0.6 is 0 Å². The van der Waals surface area contributed by atoms with E-state index in [2.05, 4.69) is 26.8 Å². The number of carbonyl (C=O) groups is 1. The number of rotatable bonds is 6. The minimum absolute atomic E-state index is 0.358. The molecule has 1 amide bonds. The molecule has 0 spiro atoms. The van der Waals surface area contributed by atoms with Gasteiger partial charge in [0, 0.05) is 0 Å². The van der Waals surface area contributed by atoms with Crippen LogP contribution in [0.5, 0.6) is 0 Å². The zero-order valence-electron chi connectivity index (χ0n) is 10.2. The summed E-state index contributed by atoms with van der Waals surface area (Å²) in [6.07, 6.45) is 2.10. The summed E-state index contributed by atoms with van der Waals surface area (Å²) in [5, 5.41) is 9.08. The van der Waals surface area contributed by atoms with E-state index in [4.69, 9.17) is 11.0 Å². The quantitative estimate of drug-likeness (QED) is 0.731. The molecule has 2 atom stereocenters. The molecule has 0 aliphatic heterocycles. The Morgan fingerprint density at radius 1 is 1.47 bits per heavy atom. The van der Waals surface area contributed by atoms with Crippen LogP contribution in [-0.4, -0.2) is 5.91 Å². The molecule has 0 aliphatic carbocycles. The SMILES string of the molecule is CCC(C#N)(CC(C)CC(C)C)C(N)=O. The van der Waals surface area contributed by atoms with Gasteiger partial charge in [-0.3, -0.25) is 4.79 Å². The number of amides is 1. The van der Waals surface area contributed by atoms with Crippen LogP contribution in [0.4, 0.5) is 0 Å². The van der Waals surface area contributed by atoms with E-state index >= 15 is 0 Å². The number of nitriles is 1. The molecule has 0 fully saturated rings. The lowest BCUT2D eigenvalue weighted by molar-refractivity contribution is -0.125. The Morgan fingerprint density at radius 2 is 2.00 bits per heavy atom. The van der Waals surface area contributed by atoms with Crippen molar-refractivity contribution in [3.05, 3.63) is 0 Å². The monoisotopic (exact) mass is 210 g/mol. The highest BCUT2D eigenvalue weighted by atomic mass is 16.1. The summed E-state index contributed by atoms with van der Waals surface area (Å²) < 4.78 is 0. The van der Waals surface area contributed by atoms with Crippen LogP contribution in [0.15, 0.2) is 0 Å². The van der Waals surface area contributed by atoms with E-state index in [0.717, 1.165) is 6.42 Å². The Balaban J connectivity index is 4.56. The van der Waals surface area contributed by atoms with Gasteiger partial charge < -0.3 is 5.73 Å². The van der Waals surface area contributed by atoms with Gasteiger partial charge in [-0.05, 0) is 31.1 Å². The molecule has 0 aromatic rings. The van der Waals surface area contributed by atoms with Crippen molar-refractivity contribution >= 4 is 5.91 Å². The maximum atomic E-state index is 11.3. The van der Waals surface area contributed by atoms with Gasteiger partial charge in [0.1, 0.15) is 5.41 Å². The Kier molecular flexibility index (Phi) is 5.35. The molecular weight excluding hydrogens is 188 g/mol. The maximum Gasteiger partial charge on any atom is 0.237 e. The largest absolute Gasteiger partial charge is 0.368 e.